The lowest BCUT2D eigenvalue weighted by molar-refractivity contribution is -0.120. The number of nitrogens with one attached hydrogen (secondary N) is 2. The molecule has 0 saturated heterocycles. The third kappa shape index (κ3) is 6.12. The molecule has 4 nitrogen and oxygen atoms in total. The summed E-state index contributed by atoms with van der Waals surface area (Å²) in [5, 5.41) is 14.3. The molecule has 12 heavy (non-hydrogen) atoms. The summed E-state index contributed by atoms with van der Waals surface area (Å²) in [6, 6.07) is 0. The second-order valence-electron chi connectivity index (χ2n) is 2.87. The summed E-state index contributed by atoms with van der Waals surface area (Å²) in [7, 11) is 0. The van der Waals surface area contributed by atoms with Gasteiger partial charge in [0.05, 0.1) is 6.54 Å². The molecule has 0 radical (unpaired) electrons. The van der Waals surface area contributed by atoms with E-state index in [1.54, 1.807) is 0 Å². The number of hydrogen-bond donors (Lipinski definition) is 3. The Hall–Kier alpha value is -0.610. The van der Waals surface area contributed by atoms with Gasteiger partial charge in [-0.3, -0.25) is 4.79 Å². The molecular formula is C8H18N2O2. The lowest BCUT2D eigenvalue weighted by atomic mass is 10.2. The highest BCUT2D eigenvalue weighted by molar-refractivity contribution is 5.77. The van der Waals surface area contributed by atoms with Crippen LogP contribution in [0.1, 0.15) is 13.8 Å². The molecule has 0 saturated carbocycles. The Morgan fingerprint density at radius 2 is 2.25 bits per heavy atom. The predicted octanol–water partition coefficient (Wildman–Crippen LogP) is -0.659. The smallest absolute Gasteiger partial charge is 0.233 e. The maximum absolute atomic E-state index is 10.9. The predicted molar refractivity (Wildman–Crippen MR) is 47.8 cm³/mol. The van der Waals surface area contributed by atoms with Crippen molar-refractivity contribution >= 4 is 5.91 Å². The van der Waals surface area contributed by atoms with Crippen molar-refractivity contribution in [2.45, 2.75) is 13.8 Å². The van der Waals surface area contributed by atoms with Crippen molar-refractivity contribution in [3.63, 3.8) is 0 Å². The number of aliphatic hydroxyl groups excluding tert-OH is 1. The summed E-state index contributed by atoms with van der Waals surface area (Å²) in [5.41, 5.74) is 0. The van der Waals surface area contributed by atoms with Gasteiger partial charge >= 0.3 is 0 Å². The average molecular weight is 174 g/mol. The number of likely N-dealkylation sites (N-methyl/N-ethyl adjacent to an activating group) is 1. The fraction of sp³-hybridized carbons (Fsp3) is 0.875. The van der Waals surface area contributed by atoms with Crippen molar-refractivity contribution in [2.75, 3.05) is 26.2 Å². The summed E-state index contributed by atoms with van der Waals surface area (Å²) < 4.78 is 0. The molecule has 0 heterocycles. The molecule has 0 fully saturated rings. The number of amides is 1. The molecule has 0 aliphatic carbocycles. The highest BCUT2D eigenvalue weighted by Crippen LogP contribution is 1.87. The minimum Gasteiger partial charge on any atom is -0.396 e. The first-order valence-electron chi connectivity index (χ1n) is 4.29. The van der Waals surface area contributed by atoms with Crippen molar-refractivity contribution in [2.24, 2.45) is 5.92 Å². The van der Waals surface area contributed by atoms with E-state index in [-0.39, 0.29) is 18.4 Å². The highest BCUT2D eigenvalue weighted by Gasteiger charge is 2.01. The summed E-state index contributed by atoms with van der Waals surface area (Å²) in [6.45, 7) is 5.63. The van der Waals surface area contributed by atoms with E-state index < -0.39 is 0 Å². The fourth-order valence-electron chi connectivity index (χ4n) is 0.756. The first kappa shape index (κ1) is 11.4. The van der Waals surface area contributed by atoms with E-state index in [0.717, 1.165) is 0 Å². The van der Waals surface area contributed by atoms with Gasteiger partial charge in [-0.15, -0.1) is 0 Å². The van der Waals surface area contributed by atoms with E-state index in [1.165, 1.54) is 0 Å². The Morgan fingerprint density at radius 1 is 1.58 bits per heavy atom. The minimum atomic E-state index is 0.00244. The van der Waals surface area contributed by atoms with Gasteiger partial charge in [0, 0.05) is 19.7 Å². The van der Waals surface area contributed by atoms with Crippen LogP contribution in [0, 0.1) is 5.92 Å². The van der Waals surface area contributed by atoms with Crippen molar-refractivity contribution in [3.05, 3.63) is 0 Å². The molecule has 4 heteroatoms. The van der Waals surface area contributed by atoms with E-state index in [4.69, 9.17) is 5.11 Å². The van der Waals surface area contributed by atoms with E-state index >= 15 is 0 Å². The molecule has 0 aromatic rings. The molecule has 3 N–H and O–H groups in total. The first-order valence-corrected chi connectivity index (χ1v) is 4.29. The number of carbonyl (C=O) groups is 1. The lowest BCUT2D eigenvalue weighted by Gasteiger charge is -2.08. The molecule has 0 aromatic heterocycles. The molecule has 1 unspecified atom stereocenters. The Kier molecular flexibility index (Phi) is 6.70. The summed E-state index contributed by atoms with van der Waals surface area (Å²) in [5.74, 6) is 0.210. The lowest BCUT2D eigenvalue weighted by Crippen LogP contribution is -2.35. The van der Waals surface area contributed by atoms with Crippen molar-refractivity contribution in [1.29, 1.82) is 0 Å². The summed E-state index contributed by atoms with van der Waals surface area (Å²) in [6.07, 6.45) is 0. The molecule has 0 spiro atoms. The van der Waals surface area contributed by atoms with Gasteiger partial charge in [-0.1, -0.05) is 6.92 Å². The second-order valence-corrected chi connectivity index (χ2v) is 2.87. The molecule has 0 aliphatic rings. The van der Waals surface area contributed by atoms with Gasteiger partial charge in [0.1, 0.15) is 0 Å². The van der Waals surface area contributed by atoms with Gasteiger partial charge in [-0.05, 0) is 12.8 Å². The molecule has 72 valence electrons. The van der Waals surface area contributed by atoms with Crippen LogP contribution in [-0.2, 0) is 4.79 Å². The van der Waals surface area contributed by atoms with Crippen molar-refractivity contribution in [3.8, 4) is 0 Å². The Labute approximate surface area is 73.3 Å². The quantitative estimate of drug-likeness (QED) is 0.501. The van der Waals surface area contributed by atoms with E-state index in [9.17, 15) is 4.79 Å². The van der Waals surface area contributed by atoms with Gasteiger partial charge in [0.15, 0.2) is 0 Å². The third-order valence-electron chi connectivity index (χ3n) is 1.46. The molecular weight excluding hydrogens is 156 g/mol. The Balaban J connectivity index is 3.24. The van der Waals surface area contributed by atoms with Crippen LogP contribution in [0.3, 0.4) is 0 Å². The molecule has 0 rings (SSSR count). The van der Waals surface area contributed by atoms with Gasteiger partial charge < -0.3 is 15.7 Å². The van der Waals surface area contributed by atoms with Crippen LogP contribution in [0.5, 0.6) is 0 Å². The largest absolute Gasteiger partial charge is 0.396 e. The normalized spacial score (nSPS) is 12.6. The molecule has 0 aliphatic heterocycles. The number of rotatable bonds is 6. The summed E-state index contributed by atoms with van der Waals surface area (Å²) >= 11 is 0. The SMILES string of the molecule is CCNC(=O)CNCC(C)CO. The van der Waals surface area contributed by atoms with Gasteiger partial charge in [-0.25, -0.2) is 0 Å². The van der Waals surface area contributed by atoms with Gasteiger partial charge in [0.25, 0.3) is 0 Å². The van der Waals surface area contributed by atoms with Crippen LogP contribution >= 0.6 is 0 Å². The maximum Gasteiger partial charge on any atom is 0.233 e. The second kappa shape index (κ2) is 7.06. The first-order chi connectivity index (χ1) is 5.70. The molecule has 0 bridgehead atoms. The van der Waals surface area contributed by atoms with Crippen LogP contribution in [0.15, 0.2) is 0 Å². The molecule has 1 atom stereocenters. The zero-order chi connectivity index (χ0) is 9.40. The average Bonchev–Trinajstić information content (AvgIpc) is 2.04. The standard InChI is InChI=1S/C8H18N2O2/c1-3-10-8(12)5-9-4-7(2)6-11/h7,9,11H,3-6H2,1-2H3,(H,10,12). The minimum absolute atomic E-state index is 0.00244. The van der Waals surface area contributed by atoms with Gasteiger partial charge in [-0.2, -0.15) is 0 Å². The van der Waals surface area contributed by atoms with E-state index in [1.807, 2.05) is 13.8 Å². The van der Waals surface area contributed by atoms with Crippen molar-refractivity contribution in [1.82, 2.24) is 10.6 Å². The van der Waals surface area contributed by atoms with E-state index in [0.29, 0.717) is 19.6 Å². The molecule has 1 amide bonds. The highest BCUT2D eigenvalue weighted by atomic mass is 16.3. The topological polar surface area (TPSA) is 61.4 Å². The van der Waals surface area contributed by atoms with Crippen LogP contribution < -0.4 is 10.6 Å². The monoisotopic (exact) mass is 174 g/mol. The number of aliphatic hydroxyl groups is 1. The van der Waals surface area contributed by atoms with Crippen LogP contribution in [-0.4, -0.2) is 37.3 Å². The summed E-state index contributed by atoms with van der Waals surface area (Å²) in [4.78, 5) is 10.9. The zero-order valence-corrected chi connectivity index (χ0v) is 7.76. The number of carbonyl (C=O) groups excluding carboxylic acids is 1. The van der Waals surface area contributed by atoms with Crippen molar-refractivity contribution < 1.29 is 9.90 Å². The van der Waals surface area contributed by atoms with E-state index in [2.05, 4.69) is 10.6 Å². The van der Waals surface area contributed by atoms with Crippen LogP contribution in [0.4, 0.5) is 0 Å². The van der Waals surface area contributed by atoms with Crippen LogP contribution in [0.2, 0.25) is 0 Å². The zero-order valence-electron chi connectivity index (χ0n) is 7.76. The number of hydrogen-bond acceptors (Lipinski definition) is 3. The Morgan fingerprint density at radius 3 is 2.75 bits per heavy atom. The fourth-order valence-corrected chi connectivity index (χ4v) is 0.756. The maximum atomic E-state index is 10.9. The molecule has 0 aromatic carbocycles. The van der Waals surface area contributed by atoms with Gasteiger partial charge in [0.2, 0.25) is 5.91 Å². The van der Waals surface area contributed by atoms with Crippen LogP contribution in [0.25, 0.3) is 0 Å². The Bertz CT molecular complexity index is 128. The third-order valence-corrected chi connectivity index (χ3v) is 1.46.